The first-order chi connectivity index (χ1) is 8.88. The summed E-state index contributed by atoms with van der Waals surface area (Å²) in [6.45, 7) is 0. The van der Waals surface area contributed by atoms with Crippen molar-refractivity contribution in [3.63, 3.8) is 0 Å². The molecule has 0 aromatic heterocycles. The molecule has 0 saturated heterocycles. The highest BCUT2D eigenvalue weighted by molar-refractivity contribution is 9.10. The molecule has 0 radical (unpaired) electrons. The van der Waals surface area contributed by atoms with Gasteiger partial charge in [0.05, 0.1) is 15.6 Å². The van der Waals surface area contributed by atoms with Gasteiger partial charge in [0.1, 0.15) is 0 Å². The number of nitrogen functional groups attached to an aromatic ring is 1. The van der Waals surface area contributed by atoms with Crippen LogP contribution >= 0.6 is 27.5 Å². The van der Waals surface area contributed by atoms with Crippen LogP contribution in [0.2, 0.25) is 5.02 Å². The minimum atomic E-state index is -3.67. The highest BCUT2D eigenvalue weighted by Gasteiger charge is 2.15. The van der Waals surface area contributed by atoms with Crippen LogP contribution in [-0.4, -0.2) is 8.42 Å². The van der Waals surface area contributed by atoms with Crippen molar-refractivity contribution >= 4 is 48.9 Å². The third kappa shape index (κ3) is 3.40. The first-order valence-electron chi connectivity index (χ1n) is 5.22. The van der Waals surface area contributed by atoms with E-state index >= 15 is 0 Å². The van der Waals surface area contributed by atoms with Crippen molar-refractivity contribution in [2.75, 3.05) is 10.5 Å². The molecule has 0 fully saturated rings. The zero-order chi connectivity index (χ0) is 14.0. The van der Waals surface area contributed by atoms with E-state index in [1.807, 2.05) is 0 Å². The summed E-state index contributed by atoms with van der Waals surface area (Å²) in [4.78, 5) is 0.0670. The molecular formula is C12H10BrClN2O2S. The van der Waals surface area contributed by atoms with Gasteiger partial charge in [-0.1, -0.05) is 27.5 Å². The molecule has 2 aromatic rings. The van der Waals surface area contributed by atoms with E-state index < -0.39 is 10.0 Å². The van der Waals surface area contributed by atoms with Crippen LogP contribution in [0.1, 0.15) is 0 Å². The Kier molecular flexibility index (Phi) is 4.03. The van der Waals surface area contributed by atoms with E-state index in [1.54, 1.807) is 24.3 Å². The molecule has 0 atom stereocenters. The smallest absolute Gasteiger partial charge is 0.261 e. The number of rotatable bonds is 3. The van der Waals surface area contributed by atoms with Gasteiger partial charge in [-0.2, -0.15) is 0 Å². The van der Waals surface area contributed by atoms with Gasteiger partial charge in [-0.25, -0.2) is 8.42 Å². The van der Waals surface area contributed by atoms with E-state index in [2.05, 4.69) is 20.7 Å². The van der Waals surface area contributed by atoms with Crippen LogP contribution in [0.5, 0.6) is 0 Å². The molecule has 0 heterocycles. The van der Waals surface area contributed by atoms with Crippen molar-refractivity contribution in [1.82, 2.24) is 0 Å². The normalized spacial score (nSPS) is 11.3. The number of hydrogen-bond donors (Lipinski definition) is 2. The predicted molar refractivity (Wildman–Crippen MR) is 80.8 cm³/mol. The standard InChI is InChI=1S/C12H10BrClN2O2S/c13-8-1-3-9(4-2-8)16-19(17,18)10-5-6-11(14)12(15)7-10/h1-7,16H,15H2. The van der Waals surface area contributed by atoms with Crippen LogP contribution in [0.15, 0.2) is 51.8 Å². The fourth-order valence-electron chi connectivity index (χ4n) is 1.42. The quantitative estimate of drug-likeness (QED) is 0.822. The van der Waals surface area contributed by atoms with Gasteiger partial charge in [0.25, 0.3) is 10.0 Å². The predicted octanol–water partition coefficient (Wildman–Crippen LogP) is 3.49. The van der Waals surface area contributed by atoms with Crippen molar-refractivity contribution in [3.8, 4) is 0 Å². The highest BCUT2D eigenvalue weighted by atomic mass is 79.9. The first kappa shape index (κ1) is 14.2. The molecule has 2 rings (SSSR count). The van der Waals surface area contributed by atoms with Gasteiger partial charge in [-0.3, -0.25) is 4.72 Å². The Hall–Kier alpha value is -1.24. The molecule has 0 unspecified atom stereocenters. The number of hydrogen-bond acceptors (Lipinski definition) is 3. The average molecular weight is 362 g/mol. The molecule has 4 nitrogen and oxygen atoms in total. The summed E-state index contributed by atoms with van der Waals surface area (Å²) in [7, 11) is -3.67. The number of anilines is 2. The fourth-order valence-corrected chi connectivity index (χ4v) is 2.90. The summed E-state index contributed by atoms with van der Waals surface area (Å²) < 4.78 is 27.6. The molecule has 7 heteroatoms. The molecule has 19 heavy (non-hydrogen) atoms. The van der Waals surface area contributed by atoms with Gasteiger partial charge in [-0.15, -0.1) is 0 Å². The maximum absolute atomic E-state index is 12.1. The molecule has 0 saturated carbocycles. The SMILES string of the molecule is Nc1cc(S(=O)(=O)Nc2ccc(Br)cc2)ccc1Cl. The third-order valence-corrected chi connectivity index (χ3v) is 4.63. The fraction of sp³-hybridized carbons (Fsp3) is 0. The summed E-state index contributed by atoms with van der Waals surface area (Å²) in [6.07, 6.45) is 0. The largest absolute Gasteiger partial charge is 0.397 e. The number of nitrogens with one attached hydrogen (secondary N) is 1. The molecule has 100 valence electrons. The van der Waals surface area contributed by atoms with E-state index in [1.165, 1.54) is 18.2 Å². The summed E-state index contributed by atoms with van der Waals surface area (Å²) in [5.74, 6) is 0. The van der Waals surface area contributed by atoms with Gasteiger partial charge in [0, 0.05) is 10.2 Å². The van der Waals surface area contributed by atoms with Crippen LogP contribution < -0.4 is 10.5 Å². The van der Waals surface area contributed by atoms with E-state index in [4.69, 9.17) is 17.3 Å². The molecule has 0 aliphatic rings. The molecule has 0 aliphatic carbocycles. The number of benzene rings is 2. The monoisotopic (exact) mass is 360 g/mol. The van der Waals surface area contributed by atoms with Crippen LogP contribution in [0, 0.1) is 0 Å². The van der Waals surface area contributed by atoms with Crippen molar-refractivity contribution in [1.29, 1.82) is 0 Å². The molecule has 3 N–H and O–H groups in total. The van der Waals surface area contributed by atoms with Crippen molar-refractivity contribution in [3.05, 3.63) is 52.0 Å². The summed E-state index contributed by atoms with van der Waals surface area (Å²) >= 11 is 9.04. The molecule has 0 aliphatic heterocycles. The number of nitrogens with two attached hydrogens (primary N) is 1. The van der Waals surface area contributed by atoms with Crippen molar-refractivity contribution < 1.29 is 8.42 Å². The number of halogens is 2. The van der Waals surface area contributed by atoms with Crippen LogP contribution in [0.25, 0.3) is 0 Å². The van der Waals surface area contributed by atoms with Crippen LogP contribution in [0.4, 0.5) is 11.4 Å². The summed E-state index contributed by atoms with van der Waals surface area (Å²) in [5, 5.41) is 0.322. The van der Waals surface area contributed by atoms with Crippen molar-refractivity contribution in [2.45, 2.75) is 4.90 Å². The van der Waals surface area contributed by atoms with E-state index in [0.717, 1.165) is 4.47 Å². The van der Waals surface area contributed by atoms with Crippen LogP contribution in [0.3, 0.4) is 0 Å². The van der Waals surface area contributed by atoms with Gasteiger partial charge in [0.15, 0.2) is 0 Å². The lowest BCUT2D eigenvalue weighted by Gasteiger charge is -2.09. The molecule has 2 aromatic carbocycles. The Morgan fingerprint density at radius 2 is 1.74 bits per heavy atom. The Balaban J connectivity index is 2.32. The topological polar surface area (TPSA) is 72.2 Å². The van der Waals surface area contributed by atoms with Gasteiger partial charge < -0.3 is 5.73 Å². The van der Waals surface area contributed by atoms with Crippen molar-refractivity contribution in [2.24, 2.45) is 0 Å². The second kappa shape index (κ2) is 5.40. The third-order valence-electron chi connectivity index (χ3n) is 2.37. The minimum Gasteiger partial charge on any atom is -0.397 e. The Bertz CT molecular complexity index is 702. The van der Waals surface area contributed by atoms with Gasteiger partial charge in [-0.05, 0) is 42.5 Å². The Labute approximate surface area is 124 Å². The Morgan fingerprint density at radius 3 is 2.32 bits per heavy atom. The maximum atomic E-state index is 12.1. The van der Waals surface area contributed by atoms with Gasteiger partial charge in [0.2, 0.25) is 0 Å². The zero-order valence-electron chi connectivity index (χ0n) is 9.60. The lowest BCUT2D eigenvalue weighted by atomic mass is 10.3. The zero-order valence-corrected chi connectivity index (χ0v) is 12.8. The second-order valence-corrected chi connectivity index (χ2v) is 6.80. The second-order valence-electron chi connectivity index (χ2n) is 3.80. The average Bonchev–Trinajstić information content (AvgIpc) is 2.35. The minimum absolute atomic E-state index is 0.0670. The molecule has 0 bridgehead atoms. The lowest BCUT2D eigenvalue weighted by Crippen LogP contribution is -2.13. The number of sulfonamides is 1. The summed E-state index contributed by atoms with van der Waals surface area (Å²) in [5.41, 5.74) is 6.29. The van der Waals surface area contributed by atoms with E-state index in [-0.39, 0.29) is 10.6 Å². The summed E-state index contributed by atoms with van der Waals surface area (Å²) in [6, 6.07) is 11.0. The van der Waals surface area contributed by atoms with Crippen LogP contribution in [-0.2, 0) is 10.0 Å². The molecule has 0 amide bonds. The van der Waals surface area contributed by atoms with E-state index in [0.29, 0.717) is 10.7 Å². The van der Waals surface area contributed by atoms with Gasteiger partial charge >= 0.3 is 0 Å². The maximum Gasteiger partial charge on any atom is 0.261 e. The molecule has 0 spiro atoms. The molecular weight excluding hydrogens is 352 g/mol. The lowest BCUT2D eigenvalue weighted by molar-refractivity contribution is 0.601. The Morgan fingerprint density at radius 1 is 1.11 bits per heavy atom. The highest BCUT2D eigenvalue weighted by Crippen LogP contribution is 2.24. The van der Waals surface area contributed by atoms with E-state index in [9.17, 15) is 8.42 Å². The first-order valence-corrected chi connectivity index (χ1v) is 7.87.